The van der Waals surface area contributed by atoms with Crippen molar-refractivity contribution in [1.82, 2.24) is 40.9 Å². The van der Waals surface area contributed by atoms with Crippen LogP contribution in [0.2, 0.25) is 0 Å². The third-order valence-corrected chi connectivity index (χ3v) is 2.37. The fourth-order valence-corrected chi connectivity index (χ4v) is 1.57. The van der Waals surface area contributed by atoms with Gasteiger partial charge in [-0.05, 0) is 18.2 Å². The lowest BCUT2D eigenvalue weighted by atomic mass is 10.1. The van der Waals surface area contributed by atoms with Crippen LogP contribution in [0, 0.1) is 0 Å². The molecule has 0 fully saturated rings. The van der Waals surface area contributed by atoms with Gasteiger partial charge in [-0.2, -0.15) is 20.2 Å². The van der Waals surface area contributed by atoms with E-state index in [0.29, 0.717) is 12.2 Å². The maximum absolute atomic E-state index is 4.16. The maximum Gasteiger partial charge on any atom is 0.176 e. The molecule has 92 valence electrons. The third kappa shape index (κ3) is 3.06. The van der Waals surface area contributed by atoms with Crippen LogP contribution in [0.5, 0.6) is 0 Å². The van der Waals surface area contributed by atoms with Crippen LogP contribution in [-0.4, -0.2) is 42.2 Å². The smallest absolute Gasteiger partial charge is 0.176 e. The molecule has 0 aliphatic rings. The molecule has 8 nitrogen and oxygen atoms in total. The Bertz CT molecular complexity index is 434. The molecule has 17 heavy (non-hydrogen) atoms. The van der Waals surface area contributed by atoms with E-state index in [-0.39, 0.29) is 6.04 Å². The molecule has 0 bridgehead atoms. The molecule has 0 aliphatic carbocycles. The largest absolute Gasteiger partial charge is 0.308 e. The van der Waals surface area contributed by atoms with E-state index in [9.17, 15) is 0 Å². The fourth-order valence-electron chi connectivity index (χ4n) is 1.57. The van der Waals surface area contributed by atoms with Crippen LogP contribution in [0.15, 0.2) is 6.20 Å². The first kappa shape index (κ1) is 11.6. The standard InChI is InChI=1S/C9H16N8/c1-3-4-10-7(8-6-11-15-12-8)5-9-13-16-17(2)14-9/h6-7,10H,3-5H2,1-2H3,(H,11,12,15). The normalized spacial score (nSPS) is 12.8. The summed E-state index contributed by atoms with van der Waals surface area (Å²) in [6, 6.07) is 0.0675. The summed E-state index contributed by atoms with van der Waals surface area (Å²) in [6.07, 6.45) is 3.42. The maximum atomic E-state index is 4.16. The molecule has 0 saturated heterocycles. The minimum Gasteiger partial charge on any atom is -0.308 e. The molecule has 0 spiro atoms. The monoisotopic (exact) mass is 236 g/mol. The van der Waals surface area contributed by atoms with E-state index in [1.807, 2.05) is 0 Å². The highest BCUT2D eigenvalue weighted by Crippen LogP contribution is 2.12. The number of hydrogen-bond acceptors (Lipinski definition) is 6. The van der Waals surface area contributed by atoms with Crippen LogP contribution >= 0.6 is 0 Å². The van der Waals surface area contributed by atoms with Crippen molar-refractivity contribution >= 4 is 0 Å². The van der Waals surface area contributed by atoms with Gasteiger partial charge in [-0.1, -0.05) is 6.92 Å². The number of aryl methyl sites for hydroxylation is 1. The lowest BCUT2D eigenvalue weighted by Crippen LogP contribution is -2.25. The number of H-pyrrole nitrogens is 1. The van der Waals surface area contributed by atoms with Gasteiger partial charge in [0.15, 0.2) is 5.82 Å². The van der Waals surface area contributed by atoms with E-state index in [0.717, 1.165) is 18.7 Å². The Labute approximate surface area is 98.8 Å². The molecular weight excluding hydrogens is 220 g/mol. The Morgan fingerprint density at radius 1 is 1.53 bits per heavy atom. The van der Waals surface area contributed by atoms with E-state index < -0.39 is 0 Å². The molecule has 2 heterocycles. The second-order valence-corrected chi connectivity index (χ2v) is 3.80. The molecule has 0 saturated carbocycles. The number of aromatic nitrogens is 7. The highest BCUT2D eigenvalue weighted by Gasteiger charge is 2.16. The molecule has 0 amide bonds. The number of rotatable bonds is 6. The number of tetrazole rings is 1. The highest BCUT2D eigenvalue weighted by molar-refractivity contribution is 5.03. The van der Waals surface area contributed by atoms with Crippen molar-refractivity contribution in [3.05, 3.63) is 17.7 Å². The summed E-state index contributed by atoms with van der Waals surface area (Å²) in [4.78, 5) is 1.45. The molecule has 2 aromatic heterocycles. The topological polar surface area (TPSA) is 97.2 Å². The minimum atomic E-state index is 0.0675. The van der Waals surface area contributed by atoms with Crippen molar-refractivity contribution in [2.24, 2.45) is 7.05 Å². The Morgan fingerprint density at radius 2 is 2.41 bits per heavy atom. The molecule has 1 unspecified atom stereocenters. The Balaban J connectivity index is 2.05. The first-order valence-corrected chi connectivity index (χ1v) is 5.61. The van der Waals surface area contributed by atoms with E-state index in [2.05, 4.69) is 43.1 Å². The molecule has 0 aliphatic heterocycles. The average molecular weight is 236 g/mol. The zero-order chi connectivity index (χ0) is 12.1. The first-order chi connectivity index (χ1) is 8.29. The lowest BCUT2D eigenvalue weighted by molar-refractivity contribution is 0.505. The summed E-state index contributed by atoms with van der Waals surface area (Å²) < 4.78 is 0. The van der Waals surface area contributed by atoms with Gasteiger partial charge in [0.2, 0.25) is 0 Å². The van der Waals surface area contributed by atoms with E-state index in [1.54, 1.807) is 13.2 Å². The summed E-state index contributed by atoms with van der Waals surface area (Å²) in [6.45, 7) is 3.03. The summed E-state index contributed by atoms with van der Waals surface area (Å²) in [5, 5.41) is 25.9. The van der Waals surface area contributed by atoms with Crippen molar-refractivity contribution < 1.29 is 0 Å². The summed E-state index contributed by atoms with van der Waals surface area (Å²) in [5.41, 5.74) is 0.867. The van der Waals surface area contributed by atoms with E-state index >= 15 is 0 Å². The van der Waals surface area contributed by atoms with Crippen molar-refractivity contribution in [3.63, 3.8) is 0 Å². The summed E-state index contributed by atoms with van der Waals surface area (Å²) in [5.74, 6) is 0.698. The van der Waals surface area contributed by atoms with Crippen LogP contribution in [0.3, 0.4) is 0 Å². The number of hydrogen-bond donors (Lipinski definition) is 2. The predicted octanol–water partition coefficient (Wildman–Crippen LogP) is -0.388. The van der Waals surface area contributed by atoms with Gasteiger partial charge in [-0.15, -0.1) is 10.2 Å². The second-order valence-electron chi connectivity index (χ2n) is 3.80. The molecule has 2 N–H and O–H groups in total. The molecule has 2 aromatic rings. The molecule has 0 radical (unpaired) electrons. The zero-order valence-corrected chi connectivity index (χ0v) is 9.96. The summed E-state index contributed by atoms with van der Waals surface area (Å²) >= 11 is 0. The molecular formula is C9H16N8. The van der Waals surface area contributed by atoms with Gasteiger partial charge in [-0.25, -0.2) is 0 Å². The van der Waals surface area contributed by atoms with Crippen molar-refractivity contribution in [1.29, 1.82) is 0 Å². The Kier molecular flexibility index (Phi) is 3.76. The SMILES string of the molecule is CCCNC(Cc1nnn(C)n1)c1cn[nH]n1. The Morgan fingerprint density at radius 3 is 3.00 bits per heavy atom. The van der Waals surface area contributed by atoms with E-state index in [4.69, 9.17) is 0 Å². The van der Waals surface area contributed by atoms with Gasteiger partial charge < -0.3 is 5.32 Å². The molecule has 2 rings (SSSR count). The van der Waals surface area contributed by atoms with Crippen LogP contribution in [-0.2, 0) is 13.5 Å². The van der Waals surface area contributed by atoms with Gasteiger partial charge in [0.25, 0.3) is 0 Å². The van der Waals surface area contributed by atoms with Crippen LogP contribution < -0.4 is 5.32 Å². The van der Waals surface area contributed by atoms with Crippen molar-refractivity contribution in [3.8, 4) is 0 Å². The zero-order valence-electron chi connectivity index (χ0n) is 9.96. The van der Waals surface area contributed by atoms with Gasteiger partial charge in [0.05, 0.1) is 25.0 Å². The van der Waals surface area contributed by atoms with Gasteiger partial charge in [-0.3, -0.25) is 0 Å². The van der Waals surface area contributed by atoms with Crippen LogP contribution in [0.1, 0.15) is 30.9 Å². The van der Waals surface area contributed by atoms with E-state index in [1.165, 1.54) is 4.80 Å². The third-order valence-electron chi connectivity index (χ3n) is 2.37. The minimum absolute atomic E-state index is 0.0675. The van der Waals surface area contributed by atoms with Crippen LogP contribution in [0.25, 0.3) is 0 Å². The van der Waals surface area contributed by atoms with Crippen molar-refractivity contribution in [2.45, 2.75) is 25.8 Å². The number of nitrogens with one attached hydrogen (secondary N) is 2. The van der Waals surface area contributed by atoms with Crippen LogP contribution in [0.4, 0.5) is 0 Å². The predicted molar refractivity (Wildman–Crippen MR) is 59.9 cm³/mol. The number of nitrogens with zero attached hydrogens (tertiary/aromatic N) is 6. The fraction of sp³-hybridized carbons (Fsp3) is 0.667. The van der Waals surface area contributed by atoms with Gasteiger partial charge in [0, 0.05) is 6.42 Å². The highest BCUT2D eigenvalue weighted by atomic mass is 15.6. The summed E-state index contributed by atoms with van der Waals surface area (Å²) in [7, 11) is 1.75. The molecule has 1 atom stereocenters. The first-order valence-electron chi connectivity index (χ1n) is 5.61. The van der Waals surface area contributed by atoms with Gasteiger partial charge >= 0.3 is 0 Å². The molecule has 8 heteroatoms. The number of aromatic amines is 1. The quantitative estimate of drug-likeness (QED) is 0.709. The Hall–Kier alpha value is -1.83. The second kappa shape index (κ2) is 5.48. The molecule has 0 aromatic carbocycles. The average Bonchev–Trinajstić information content (AvgIpc) is 2.95. The van der Waals surface area contributed by atoms with Gasteiger partial charge in [0.1, 0.15) is 0 Å². The lowest BCUT2D eigenvalue weighted by Gasteiger charge is -2.13. The van der Waals surface area contributed by atoms with Crippen molar-refractivity contribution in [2.75, 3.05) is 6.54 Å².